The lowest BCUT2D eigenvalue weighted by Gasteiger charge is -2.33. The van der Waals surface area contributed by atoms with Crippen molar-refractivity contribution >= 4 is 8.81 Å². The first-order valence-electron chi connectivity index (χ1n) is 3.84. The third-order valence-corrected chi connectivity index (χ3v) is 3.56. The fourth-order valence-corrected chi connectivity index (χ4v) is 2.24. The van der Waals surface area contributed by atoms with Crippen molar-refractivity contribution in [3.05, 3.63) is 0 Å². The van der Waals surface area contributed by atoms with Crippen LogP contribution < -0.4 is 0 Å². The normalized spacial score (nSPS) is 27.0. The van der Waals surface area contributed by atoms with Crippen LogP contribution in [0.4, 0.5) is 0 Å². The van der Waals surface area contributed by atoms with E-state index < -0.39 is 0 Å². The highest BCUT2D eigenvalue weighted by atomic mass is 31.1. The van der Waals surface area contributed by atoms with E-state index in [9.17, 15) is 0 Å². The summed E-state index contributed by atoms with van der Waals surface area (Å²) in [6.45, 7) is 5.23. The lowest BCUT2D eigenvalue weighted by atomic mass is 9.85. The van der Waals surface area contributed by atoms with Crippen LogP contribution in [0.3, 0.4) is 0 Å². The van der Waals surface area contributed by atoms with Gasteiger partial charge in [-0.1, -0.05) is 13.8 Å². The van der Waals surface area contributed by atoms with E-state index >= 15 is 0 Å². The standard InChI is InChI=1S/C7H15O2P/c1-3-7(4-2)5-8-9-10-6-7/h10H,3-6H2,1-2H3. The van der Waals surface area contributed by atoms with Crippen LogP contribution in [-0.2, 0) is 9.56 Å². The van der Waals surface area contributed by atoms with Crippen molar-refractivity contribution in [2.75, 3.05) is 12.8 Å². The molecular weight excluding hydrogens is 147 g/mol. The molecule has 1 unspecified atom stereocenters. The van der Waals surface area contributed by atoms with Crippen molar-refractivity contribution in [1.29, 1.82) is 0 Å². The molecule has 1 aliphatic rings. The average Bonchev–Trinajstić information content (AvgIpc) is 2.06. The molecule has 0 aromatic carbocycles. The summed E-state index contributed by atoms with van der Waals surface area (Å²) >= 11 is 0. The Balaban J connectivity index is 2.44. The number of hydrogen-bond donors (Lipinski definition) is 0. The Labute approximate surface area is 64.1 Å². The molecule has 1 atom stereocenters. The van der Waals surface area contributed by atoms with Crippen LogP contribution >= 0.6 is 8.81 Å². The molecule has 0 amide bonds. The quantitative estimate of drug-likeness (QED) is 0.458. The van der Waals surface area contributed by atoms with Crippen molar-refractivity contribution in [3.63, 3.8) is 0 Å². The van der Waals surface area contributed by atoms with Crippen molar-refractivity contribution in [3.8, 4) is 0 Å². The van der Waals surface area contributed by atoms with Crippen LogP contribution in [-0.4, -0.2) is 12.8 Å². The van der Waals surface area contributed by atoms with Crippen molar-refractivity contribution in [2.45, 2.75) is 26.7 Å². The molecule has 0 spiro atoms. The molecule has 60 valence electrons. The summed E-state index contributed by atoms with van der Waals surface area (Å²) in [4.78, 5) is 4.98. The minimum atomic E-state index is 0.427. The lowest BCUT2D eigenvalue weighted by Crippen LogP contribution is -2.30. The molecule has 1 saturated heterocycles. The summed E-state index contributed by atoms with van der Waals surface area (Å²) in [6, 6.07) is 0. The first-order chi connectivity index (χ1) is 4.83. The van der Waals surface area contributed by atoms with E-state index in [1.807, 2.05) is 0 Å². The van der Waals surface area contributed by atoms with E-state index in [-0.39, 0.29) is 0 Å². The predicted octanol–water partition coefficient (Wildman–Crippen LogP) is 2.35. The molecule has 1 fully saturated rings. The summed E-state index contributed by atoms with van der Waals surface area (Å²) in [7, 11) is 0.544. The minimum Gasteiger partial charge on any atom is -0.233 e. The first kappa shape index (κ1) is 8.45. The van der Waals surface area contributed by atoms with Crippen molar-refractivity contribution in [2.24, 2.45) is 5.41 Å². The maximum Gasteiger partial charge on any atom is 0.0885 e. The average molecular weight is 162 g/mol. The van der Waals surface area contributed by atoms with Gasteiger partial charge in [-0.15, -0.1) is 0 Å². The fraction of sp³-hybridized carbons (Fsp3) is 1.00. The summed E-state index contributed by atoms with van der Waals surface area (Å²) in [5.74, 6) is 0. The highest BCUT2D eigenvalue weighted by Crippen LogP contribution is 2.38. The molecule has 1 heterocycles. The second-order valence-corrected chi connectivity index (χ2v) is 3.68. The van der Waals surface area contributed by atoms with Gasteiger partial charge in [0, 0.05) is 11.6 Å². The Kier molecular flexibility index (Phi) is 3.09. The topological polar surface area (TPSA) is 18.5 Å². The van der Waals surface area contributed by atoms with E-state index in [2.05, 4.69) is 13.8 Å². The molecule has 0 bridgehead atoms. The van der Waals surface area contributed by atoms with Crippen molar-refractivity contribution in [1.82, 2.24) is 0 Å². The minimum absolute atomic E-state index is 0.427. The maximum absolute atomic E-state index is 4.98. The van der Waals surface area contributed by atoms with Gasteiger partial charge in [0.1, 0.15) is 0 Å². The van der Waals surface area contributed by atoms with Crippen LogP contribution in [0, 0.1) is 5.41 Å². The Morgan fingerprint density at radius 2 is 2.10 bits per heavy atom. The van der Waals surface area contributed by atoms with E-state index in [4.69, 9.17) is 9.56 Å². The summed E-state index contributed by atoms with van der Waals surface area (Å²) in [6.07, 6.45) is 3.60. The van der Waals surface area contributed by atoms with E-state index in [1.165, 1.54) is 19.0 Å². The smallest absolute Gasteiger partial charge is 0.0885 e. The second kappa shape index (κ2) is 3.66. The van der Waals surface area contributed by atoms with Gasteiger partial charge in [-0.05, 0) is 12.8 Å². The highest BCUT2D eigenvalue weighted by molar-refractivity contribution is 7.32. The Bertz CT molecular complexity index is 93.8. The molecular formula is C7H15O2P. The third kappa shape index (κ3) is 1.69. The monoisotopic (exact) mass is 162 g/mol. The number of rotatable bonds is 2. The molecule has 0 aromatic heterocycles. The zero-order valence-corrected chi connectivity index (χ0v) is 7.64. The van der Waals surface area contributed by atoms with Crippen LogP contribution in [0.15, 0.2) is 0 Å². The van der Waals surface area contributed by atoms with Gasteiger partial charge in [-0.3, -0.25) is 0 Å². The predicted molar refractivity (Wildman–Crippen MR) is 43.2 cm³/mol. The fourth-order valence-electron chi connectivity index (χ4n) is 1.13. The van der Waals surface area contributed by atoms with Crippen LogP contribution in [0.25, 0.3) is 0 Å². The van der Waals surface area contributed by atoms with Gasteiger partial charge in [0.15, 0.2) is 0 Å². The van der Waals surface area contributed by atoms with Gasteiger partial charge in [0.05, 0.1) is 15.4 Å². The van der Waals surface area contributed by atoms with E-state index in [0.29, 0.717) is 14.2 Å². The molecule has 0 aliphatic carbocycles. The van der Waals surface area contributed by atoms with Gasteiger partial charge in [-0.25, -0.2) is 9.56 Å². The molecule has 10 heavy (non-hydrogen) atoms. The first-order valence-corrected chi connectivity index (χ1v) is 4.96. The molecule has 1 aliphatic heterocycles. The van der Waals surface area contributed by atoms with Crippen LogP contribution in [0.1, 0.15) is 26.7 Å². The highest BCUT2D eigenvalue weighted by Gasteiger charge is 2.30. The van der Waals surface area contributed by atoms with Gasteiger partial charge in [0.2, 0.25) is 0 Å². The Morgan fingerprint density at radius 3 is 2.40 bits per heavy atom. The molecule has 1 rings (SSSR count). The largest absolute Gasteiger partial charge is 0.233 e. The van der Waals surface area contributed by atoms with Gasteiger partial charge in [-0.2, -0.15) is 0 Å². The van der Waals surface area contributed by atoms with E-state index in [1.54, 1.807) is 0 Å². The van der Waals surface area contributed by atoms with Gasteiger partial charge in [0.25, 0.3) is 0 Å². The maximum atomic E-state index is 4.98. The Morgan fingerprint density at radius 1 is 1.40 bits per heavy atom. The molecule has 3 heteroatoms. The zero-order valence-electron chi connectivity index (χ0n) is 6.64. The number of hydrogen-bond acceptors (Lipinski definition) is 2. The summed E-state index contributed by atoms with van der Waals surface area (Å²) in [5, 5.41) is 0. The van der Waals surface area contributed by atoms with Gasteiger partial charge >= 0.3 is 0 Å². The zero-order chi connectivity index (χ0) is 7.45. The van der Waals surface area contributed by atoms with Crippen molar-refractivity contribution < 1.29 is 9.56 Å². The molecule has 0 aromatic rings. The molecule has 0 radical (unpaired) electrons. The van der Waals surface area contributed by atoms with Crippen LogP contribution in [0.2, 0.25) is 0 Å². The molecule has 0 saturated carbocycles. The molecule has 0 N–H and O–H groups in total. The summed E-state index contributed by atoms with van der Waals surface area (Å²) in [5.41, 5.74) is 0.427. The third-order valence-electron chi connectivity index (χ3n) is 2.43. The SMILES string of the molecule is CCC1(CC)COOPC1. The van der Waals surface area contributed by atoms with E-state index in [0.717, 1.165) is 6.61 Å². The Hall–Kier alpha value is 0.350. The van der Waals surface area contributed by atoms with Gasteiger partial charge < -0.3 is 0 Å². The lowest BCUT2D eigenvalue weighted by molar-refractivity contribution is -0.230. The summed E-state index contributed by atoms with van der Waals surface area (Å²) < 4.78 is 4.86. The second-order valence-electron chi connectivity index (χ2n) is 2.87. The molecule has 2 nitrogen and oxygen atoms in total. The van der Waals surface area contributed by atoms with Crippen LogP contribution in [0.5, 0.6) is 0 Å².